The molecule has 1 aromatic carbocycles. The van der Waals surface area contributed by atoms with E-state index in [-0.39, 0.29) is 24.3 Å². The van der Waals surface area contributed by atoms with Crippen molar-refractivity contribution in [3.05, 3.63) is 29.3 Å². The predicted octanol–water partition coefficient (Wildman–Crippen LogP) is 1.16. The second-order valence-corrected chi connectivity index (χ2v) is 5.55. The minimum absolute atomic E-state index is 0.0794. The summed E-state index contributed by atoms with van der Waals surface area (Å²) in [6.07, 6.45) is 2.37. The van der Waals surface area contributed by atoms with Crippen molar-refractivity contribution < 1.29 is 19.5 Å². The van der Waals surface area contributed by atoms with Gasteiger partial charge in [-0.1, -0.05) is 6.42 Å². The van der Waals surface area contributed by atoms with Crippen LogP contribution in [0.3, 0.4) is 0 Å². The van der Waals surface area contributed by atoms with Gasteiger partial charge in [0.15, 0.2) is 0 Å². The Morgan fingerprint density at radius 1 is 1.29 bits per heavy atom. The Labute approximate surface area is 121 Å². The highest BCUT2D eigenvalue weighted by Gasteiger charge is 2.34. The topological polar surface area (TPSA) is 95.5 Å². The van der Waals surface area contributed by atoms with Crippen LogP contribution in [0.15, 0.2) is 18.2 Å². The summed E-state index contributed by atoms with van der Waals surface area (Å²) < 4.78 is 0. The van der Waals surface area contributed by atoms with Crippen molar-refractivity contribution >= 4 is 23.5 Å². The number of anilines is 1. The SMILES string of the molecule is O=C1Cc2cc(C(=O)NC3CCCC3C(=O)O)ccc2N1. The van der Waals surface area contributed by atoms with Crippen LogP contribution in [0.1, 0.15) is 35.2 Å². The molecule has 1 fully saturated rings. The van der Waals surface area contributed by atoms with Crippen LogP contribution in [-0.2, 0) is 16.0 Å². The summed E-state index contributed by atoms with van der Waals surface area (Å²) in [6, 6.07) is 4.72. The van der Waals surface area contributed by atoms with Gasteiger partial charge in [-0.2, -0.15) is 0 Å². The quantitative estimate of drug-likeness (QED) is 0.778. The van der Waals surface area contributed by atoms with Crippen LogP contribution in [0.4, 0.5) is 5.69 Å². The lowest BCUT2D eigenvalue weighted by atomic mass is 10.0. The van der Waals surface area contributed by atoms with E-state index in [0.29, 0.717) is 18.4 Å². The molecule has 3 rings (SSSR count). The molecule has 3 N–H and O–H groups in total. The Bertz CT molecular complexity index is 626. The van der Waals surface area contributed by atoms with Gasteiger partial charge in [0.1, 0.15) is 0 Å². The van der Waals surface area contributed by atoms with E-state index in [1.807, 2.05) is 0 Å². The van der Waals surface area contributed by atoms with Gasteiger partial charge >= 0.3 is 5.97 Å². The number of hydrogen-bond donors (Lipinski definition) is 3. The van der Waals surface area contributed by atoms with Gasteiger partial charge in [-0.15, -0.1) is 0 Å². The molecular formula is C15H16N2O4. The van der Waals surface area contributed by atoms with E-state index >= 15 is 0 Å². The average molecular weight is 288 g/mol. The summed E-state index contributed by atoms with van der Waals surface area (Å²) in [5.74, 6) is -1.73. The number of fused-ring (bicyclic) bond motifs is 1. The standard InChI is InChI=1S/C15H16N2O4/c18-13-7-9-6-8(4-5-11(9)16-13)14(19)17-12-3-1-2-10(12)15(20)21/h4-6,10,12H,1-3,7H2,(H,16,18)(H,17,19)(H,20,21). The van der Waals surface area contributed by atoms with Crippen LogP contribution in [0.25, 0.3) is 0 Å². The van der Waals surface area contributed by atoms with E-state index in [0.717, 1.165) is 17.7 Å². The number of carboxylic acids is 1. The maximum absolute atomic E-state index is 12.2. The van der Waals surface area contributed by atoms with Gasteiger partial charge < -0.3 is 15.7 Å². The zero-order chi connectivity index (χ0) is 15.0. The molecule has 0 bridgehead atoms. The number of benzene rings is 1. The fourth-order valence-corrected chi connectivity index (χ4v) is 3.05. The molecule has 1 aliphatic heterocycles. The number of aliphatic carboxylic acids is 1. The van der Waals surface area contributed by atoms with Crippen molar-refractivity contribution in [1.82, 2.24) is 5.32 Å². The van der Waals surface area contributed by atoms with Gasteiger partial charge in [0, 0.05) is 17.3 Å². The normalized spacial score (nSPS) is 23.5. The number of amides is 2. The van der Waals surface area contributed by atoms with Crippen LogP contribution in [-0.4, -0.2) is 28.9 Å². The second kappa shape index (κ2) is 5.20. The maximum Gasteiger partial charge on any atom is 0.308 e. The van der Waals surface area contributed by atoms with Crippen LogP contribution in [0.5, 0.6) is 0 Å². The minimum Gasteiger partial charge on any atom is -0.481 e. The summed E-state index contributed by atoms with van der Waals surface area (Å²) in [6.45, 7) is 0. The van der Waals surface area contributed by atoms with Gasteiger partial charge in [-0.25, -0.2) is 0 Å². The maximum atomic E-state index is 12.2. The fraction of sp³-hybridized carbons (Fsp3) is 0.400. The summed E-state index contributed by atoms with van der Waals surface area (Å²) in [4.78, 5) is 34.7. The monoisotopic (exact) mass is 288 g/mol. The molecule has 6 nitrogen and oxygen atoms in total. The van der Waals surface area contributed by atoms with Gasteiger partial charge in [0.2, 0.25) is 5.91 Å². The summed E-state index contributed by atoms with van der Waals surface area (Å²) in [5, 5.41) is 14.6. The van der Waals surface area contributed by atoms with Gasteiger partial charge in [0.25, 0.3) is 5.91 Å². The molecule has 0 spiro atoms. The molecule has 110 valence electrons. The Morgan fingerprint density at radius 3 is 2.86 bits per heavy atom. The number of rotatable bonds is 3. The van der Waals surface area contributed by atoms with Gasteiger partial charge in [-0.05, 0) is 36.6 Å². The largest absolute Gasteiger partial charge is 0.481 e. The van der Waals surface area contributed by atoms with Crippen molar-refractivity contribution in [3.8, 4) is 0 Å². The molecule has 21 heavy (non-hydrogen) atoms. The van der Waals surface area contributed by atoms with Gasteiger partial charge in [-0.3, -0.25) is 14.4 Å². The lowest BCUT2D eigenvalue weighted by Crippen LogP contribution is -2.40. The smallest absolute Gasteiger partial charge is 0.308 e. The van der Waals surface area contributed by atoms with E-state index in [1.165, 1.54) is 0 Å². The van der Waals surface area contributed by atoms with Crippen molar-refractivity contribution in [1.29, 1.82) is 0 Å². The van der Waals surface area contributed by atoms with E-state index in [9.17, 15) is 14.4 Å². The Morgan fingerprint density at radius 2 is 2.10 bits per heavy atom. The van der Waals surface area contributed by atoms with Crippen molar-refractivity contribution in [3.63, 3.8) is 0 Å². The number of nitrogens with one attached hydrogen (secondary N) is 2. The molecular weight excluding hydrogens is 272 g/mol. The lowest BCUT2D eigenvalue weighted by Gasteiger charge is -2.17. The van der Waals surface area contributed by atoms with Crippen LogP contribution in [0, 0.1) is 5.92 Å². The first-order valence-electron chi connectivity index (χ1n) is 7.01. The molecule has 2 atom stereocenters. The second-order valence-electron chi connectivity index (χ2n) is 5.55. The molecule has 1 aliphatic carbocycles. The fourth-order valence-electron chi connectivity index (χ4n) is 3.05. The molecule has 2 unspecified atom stereocenters. The third-order valence-electron chi connectivity index (χ3n) is 4.14. The van der Waals surface area contributed by atoms with Crippen LogP contribution >= 0.6 is 0 Å². The van der Waals surface area contributed by atoms with E-state index in [2.05, 4.69) is 10.6 Å². The average Bonchev–Trinajstić information content (AvgIpc) is 3.02. The molecule has 6 heteroatoms. The van der Waals surface area contributed by atoms with E-state index in [1.54, 1.807) is 18.2 Å². The molecule has 1 saturated carbocycles. The first-order chi connectivity index (χ1) is 10.0. The molecule has 2 amide bonds. The Balaban J connectivity index is 1.73. The van der Waals surface area contributed by atoms with E-state index < -0.39 is 11.9 Å². The number of carboxylic acid groups (broad SMARTS) is 1. The first-order valence-corrected chi connectivity index (χ1v) is 7.01. The van der Waals surface area contributed by atoms with Crippen molar-refractivity contribution in [2.75, 3.05) is 5.32 Å². The highest BCUT2D eigenvalue weighted by atomic mass is 16.4. The van der Waals surface area contributed by atoms with Crippen molar-refractivity contribution in [2.45, 2.75) is 31.7 Å². The minimum atomic E-state index is -0.860. The first kappa shape index (κ1) is 13.6. The Kier molecular flexibility index (Phi) is 3.37. The molecule has 1 heterocycles. The summed E-state index contributed by atoms with van der Waals surface area (Å²) in [7, 11) is 0. The van der Waals surface area contributed by atoms with Crippen LogP contribution in [0.2, 0.25) is 0 Å². The van der Waals surface area contributed by atoms with Gasteiger partial charge in [0.05, 0.1) is 12.3 Å². The lowest BCUT2D eigenvalue weighted by molar-refractivity contribution is -0.142. The molecule has 0 aromatic heterocycles. The molecule has 1 aromatic rings. The summed E-state index contributed by atoms with van der Waals surface area (Å²) >= 11 is 0. The number of hydrogen-bond acceptors (Lipinski definition) is 3. The molecule has 2 aliphatic rings. The van der Waals surface area contributed by atoms with E-state index in [4.69, 9.17) is 5.11 Å². The van der Waals surface area contributed by atoms with Crippen molar-refractivity contribution in [2.24, 2.45) is 5.92 Å². The Hall–Kier alpha value is -2.37. The highest BCUT2D eigenvalue weighted by molar-refractivity contribution is 6.01. The zero-order valence-corrected chi connectivity index (χ0v) is 11.4. The third-order valence-corrected chi connectivity index (χ3v) is 4.14. The third kappa shape index (κ3) is 2.61. The number of carbonyl (C=O) groups excluding carboxylic acids is 2. The number of carbonyl (C=O) groups is 3. The highest BCUT2D eigenvalue weighted by Crippen LogP contribution is 2.27. The predicted molar refractivity (Wildman–Crippen MR) is 75.0 cm³/mol. The zero-order valence-electron chi connectivity index (χ0n) is 11.4. The molecule has 0 radical (unpaired) electrons. The summed E-state index contributed by atoms with van der Waals surface area (Å²) in [5.41, 5.74) is 2.00. The van der Waals surface area contributed by atoms with Crippen LogP contribution < -0.4 is 10.6 Å². The molecule has 0 saturated heterocycles.